The molecule has 2 fully saturated rings. The van der Waals surface area contributed by atoms with Gasteiger partial charge in [-0.1, -0.05) is 50.0 Å². The Labute approximate surface area is 126 Å². The molecule has 0 spiro atoms. The first-order chi connectivity index (χ1) is 7.84. The molecule has 0 unspecified atom stereocenters. The number of ketones is 2. The molecule has 0 aromatic heterocycles. The van der Waals surface area contributed by atoms with Gasteiger partial charge in [-0.2, -0.15) is 0 Å². The molecule has 2 aliphatic rings. The third-order valence-corrected chi connectivity index (χ3v) is 4.52. The van der Waals surface area contributed by atoms with Crippen LogP contribution in [0.2, 0.25) is 0 Å². The monoisotopic (exact) mass is 288 g/mol. The Morgan fingerprint density at radius 2 is 1.40 bits per heavy atom. The van der Waals surface area contributed by atoms with E-state index >= 15 is 0 Å². The van der Waals surface area contributed by atoms with Gasteiger partial charge in [0.05, 0.1) is 6.10 Å². The van der Waals surface area contributed by atoms with Gasteiger partial charge in [-0.3, -0.25) is 9.59 Å². The van der Waals surface area contributed by atoms with Crippen LogP contribution in [0.3, 0.4) is 0 Å². The molecule has 0 amide bonds. The van der Waals surface area contributed by atoms with Crippen molar-refractivity contribution < 1.29 is 14.7 Å². The molecule has 20 heavy (non-hydrogen) atoms. The van der Waals surface area contributed by atoms with Crippen molar-refractivity contribution in [3.8, 4) is 0 Å². The lowest BCUT2D eigenvalue weighted by Gasteiger charge is -2.09. The quantitative estimate of drug-likeness (QED) is 0.729. The van der Waals surface area contributed by atoms with E-state index in [0.717, 1.165) is 12.8 Å². The molecule has 2 saturated carbocycles. The zero-order chi connectivity index (χ0) is 13.2. The molecule has 0 aliphatic heterocycles. The Morgan fingerprint density at radius 3 is 1.50 bits per heavy atom. The molecule has 5 atom stereocenters. The Kier molecular flexibility index (Phi) is 12.3. The lowest BCUT2D eigenvalue weighted by Crippen LogP contribution is -2.13. The first kappa shape index (κ1) is 24.3. The smallest absolute Gasteiger partial charge is 0.138 e. The van der Waals surface area contributed by atoms with Crippen molar-refractivity contribution in [1.29, 1.82) is 0 Å². The van der Waals surface area contributed by atoms with Gasteiger partial charge >= 0.3 is 0 Å². The van der Waals surface area contributed by atoms with Gasteiger partial charge in [-0.25, -0.2) is 0 Å². The topological polar surface area (TPSA) is 54.4 Å². The van der Waals surface area contributed by atoms with E-state index in [4.69, 9.17) is 5.11 Å². The van der Waals surface area contributed by atoms with E-state index in [1.165, 1.54) is 0 Å². The standard InChI is InChI=1S/C7H12O2.C7H12O.3CH4/c1-4-5(2)7(9)3-6(4)8;1-5-3-4-7(8)6(5)2;;;/h4-6,8H,3H2,1-2H3;5-6H,3-4H2,1-2H3;3*1H4/t4-,5-,6-;5-,6+;;;/m10.../s1. The van der Waals surface area contributed by atoms with Crippen molar-refractivity contribution in [2.24, 2.45) is 23.7 Å². The van der Waals surface area contributed by atoms with E-state index in [2.05, 4.69) is 6.92 Å². The molecule has 2 aliphatic carbocycles. The highest BCUT2D eigenvalue weighted by molar-refractivity contribution is 5.83. The van der Waals surface area contributed by atoms with Crippen molar-refractivity contribution >= 4 is 11.6 Å². The normalized spacial score (nSPS) is 35.1. The number of aliphatic hydroxyl groups excluding tert-OH is 1. The van der Waals surface area contributed by atoms with Gasteiger partial charge < -0.3 is 5.11 Å². The van der Waals surface area contributed by atoms with Gasteiger partial charge in [-0.15, -0.1) is 0 Å². The summed E-state index contributed by atoms with van der Waals surface area (Å²) in [6.07, 6.45) is 1.91. The second-order valence-electron chi connectivity index (χ2n) is 5.66. The molecule has 2 rings (SSSR count). The minimum Gasteiger partial charge on any atom is -0.392 e. The highest BCUT2D eigenvalue weighted by Crippen LogP contribution is 2.28. The van der Waals surface area contributed by atoms with Crippen LogP contribution in [0, 0.1) is 23.7 Å². The minimum atomic E-state index is -0.382. The predicted molar refractivity (Wildman–Crippen MR) is 86.7 cm³/mol. The SMILES string of the molecule is C.C.C.C[C@H]1CCC(=O)[C@@H]1C.C[C@H]1[C@H](O)CC(=O)[C@@H]1C. The van der Waals surface area contributed by atoms with Gasteiger partial charge in [0.1, 0.15) is 11.6 Å². The number of rotatable bonds is 0. The average Bonchev–Trinajstić information content (AvgIpc) is 2.69. The first-order valence-corrected chi connectivity index (χ1v) is 6.58. The molecule has 0 bridgehead atoms. The summed E-state index contributed by atoms with van der Waals surface area (Å²) in [7, 11) is 0. The van der Waals surface area contributed by atoms with Gasteiger partial charge in [-0.05, 0) is 18.3 Å². The van der Waals surface area contributed by atoms with Crippen LogP contribution >= 0.6 is 0 Å². The summed E-state index contributed by atoms with van der Waals surface area (Å²) in [5.41, 5.74) is 0. The number of carbonyl (C=O) groups excluding carboxylic acids is 2. The highest BCUT2D eigenvalue weighted by Gasteiger charge is 2.34. The van der Waals surface area contributed by atoms with E-state index in [-0.39, 0.29) is 46.0 Å². The summed E-state index contributed by atoms with van der Waals surface area (Å²) in [6, 6.07) is 0. The summed E-state index contributed by atoms with van der Waals surface area (Å²) in [5, 5.41) is 9.12. The van der Waals surface area contributed by atoms with Crippen molar-refractivity contribution in [3.63, 3.8) is 0 Å². The number of carbonyl (C=O) groups is 2. The van der Waals surface area contributed by atoms with E-state index in [9.17, 15) is 9.59 Å². The Balaban J connectivity index is -0.000000252. The van der Waals surface area contributed by atoms with E-state index in [0.29, 0.717) is 24.0 Å². The summed E-state index contributed by atoms with van der Waals surface area (Å²) < 4.78 is 0. The van der Waals surface area contributed by atoms with Crippen LogP contribution in [0.5, 0.6) is 0 Å². The molecule has 3 nitrogen and oxygen atoms in total. The number of aliphatic hydroxyl groups is 1. The lowest BCUT2D eigenvalue weighted by atomic mass is 9.99. The summed E-state index contributed by atoms with van der Waals surface area (Å²) in [5.74, 6) is 1.88. The third kappa shape index (κ3) is 5.74. The van der Waals surface area contributed by atoms with Gasteiger partial charge in [0, 0.05) is 24.7 Å². The van der Waals surface area contributed by atoms with E-state index in [1.54, 1.807) is 0 Å². The van der Waals surface area contributed by atoms with Crippen LogP contribution in [0.4, 0.5) is 0 Å². The van der Waals surface area contributed by atoms with E-state index in [1.807, 2.05) is 20.8 Å². The summed E-state index contributed by atoms with van der Waals surface area (Å²) >= 11 is 0. The van der Waals surface area contributed by atoms with Gasteiger partial charge in [0.15, 0.2) is 0 Å². The Hall–Kier alpha value is -0.700. The average molecular weight is 288 g/mol. The molecular weight excluding hydrogens is 252 g/mol. The van der Waals surface area contributed by atoms with Crippen LogP contribution < -0.4 is 0 Å². The second kappa shape index (κ2) is 10.1. The maximum atomic E-state index is 10.8. The van der Waals surface area contributed by atoms with E-state index < -0.39 is 0 Å². The minimum absolute atomic E-state index is 0. The molecule has 0 heterocycles. The molecule has 0 saturated heterocycles. The molecular formula is C17H36O3. The molecule has 0 aromatic carbocycles. The number of Topliss-reactive ketones (excluding diaryl/α,β-unsaturated/α-hetero) is 2. The maximum Gasteiger partial charge on any atom is 0.138 e. The van der Waals surface area contributed by atoms with Crippen LogP contribution in [-0.4, -0.2) is 22.8 Å². The van der Waals surface area contributed by atoms with Crippen molar-refractivity contribution in [1.82, 2.24) is 0 Å². The van der Waals surface area contributed by atoms with Crippen molar-refractivity contribution in [2.75, 3.05) is 0 Å². The Morgan fingerprint density at radius 1 is 0.900 bits per heavy atom. The second-order valence-corrected chi connectivity index (χ2v) is 5.66. The van der Waals surface area contributed by atoms with Crippen LogP contribution in [0.15, 0.2) is 0 Å². The Bertz CT molecular complexity index is 299. The summed E-state index contributed by atoms with van der Waals surface area (Å²) in [6.45, 7) is 7.97. The highest BCUT2D eigenvalue weighted by atomic mass is 16.3. The zero-order valence-electron chi connectivity index (χ0n) is 11.3. The van der Waals surface area contributed by atoms with Gasteiger partial charge in [0.2, 0.25) is 0 Å². The summed E-state index contributed by atoms with van der Waals surface area (Å²) in [4.78, 5) is 21.6. The third-order valence-electron chi connectivity index (χ3n) is 4.52. The van der Waals surface area contributed by atoms with Crippen LogP contribution in [0.25, 0.3) is 0 Å². The lowest BCUT2D eigenvalue weighted by molar-refractivity contribution is -0.121. The number of hydrogen-bond donors (Lipinski definition) is 1. The zero-order valence-corrected chi connectivity index (χ0v) is 11.3. The van der Waals surface area contributed by atoms with Crippen LogP contribution in [-0.2, 0) is 9.59 Å². The fourth-order valence-electron chi connectivity index (χ4n) is 2.37. The largest absolute Gasteiger partial charge is 0.392 e. The predicted octanol–water partition coefficient (Wildman–Crippen LogP) is 4.12. The fraction of sp³-hybridized carbons (Fsp3) is 0.882. The molecule has 1 N–H and O–H groups in total. The fourth-order valence-corrected chi connectivity index (χ4v) is 2.37. The molecule has 122 valence electrons. The number of hydrogen-bond acceptors (Lipinski definition) is 3. The van der Waals surface area contributed by atoms with Crippen LogP contribution in [0.1, 0.15) is 69.2 Å². The first-order valence-electron chi connectivity index (χ1n) is 6.58. The van der Waals surface area contributed by atoms with Gasteiger partial charge in [0.25, 0.3) is 0 Å². The molecule has 3 heteroatoms. The van der Waals surface area contributed by atoms with Crippen molar-refractivity contribution in [3.05, 3.63) is 0 Å². The van der Waals surface area contributed by atoms with Crippen molar-refractivity contribution in [2.45, 2.75) is 75.3 Å². The molecule has 0 radical (unpaired) electrons. The maximum absolute atomic E-state index is 10.8. The molecule has 0 aromatic rings.